The lowest BCUT2D eigenvalue weighted by atomic mass is 10.2. The second-order valence-electron chi connectivity index (χ2n) is 4.92. The van der Waals surface area contributed by atoms with Crippen molar-refractivity contribution in [3.8, 4) is 5.88 Å². The van der Waals surface area contributed by atoms with Crippen molar-refractivity contribution in [2.24, 2.45) is 0 Å². The van der Waals surface area contributed by atoms with Gasteiger partial charge in [-0.25, -0.2) is 4.98 Å². The second kappa shape index (κ2) is 5.72. The molecule has 2 aromatic heterocycles. The molecule has 0 aliphatic heterocycles. The van der Waals surface area contributed by atoms with Crippen LogP contribution in [0.4, 0.5) is 0 Å². The molecule has 3 rings (SSSR count). The van der Waals surface area contributed by atoms with Crippen LogP contribution in [0.25, 0.3) is 0 Å². The highest BCUT2D eigenvalue weighted by Gasteiger charge is 2.20. The summed E-state index contributed by atoms with van der Waals surface area (Å²) in [6.45, 7) is 3.56. The van der Waals surface area contributed by atoms with Crippen LogP contribution in [0.5, 0.6) is 5.88 Å². The molecule has 1 saturated carbocycles. The third-order valence-electron chi connectivity index (χ3n) is 3.27. The second-order valence-corrected chi connectivity index (χ2v) is 5.95. The summed E-state index contributed by atoms with van der Waals surface area (Å²) in [6, 6.07) is 8.92. The van der Waals surface area contributed by atoms with E-state index in [9.17, 15) is 0 Å². The average Bonchev–Trinajstić information content (AvgIpc) is 3.09. The van der Waals surface area contributed by atoms with E-state index in [1.807, 2.05) is 19.1 Å². The standard InChI is InChI=1S/C15H18N2OS/c1-11-12(9-16-13-5-6-13)4-7-15(17-11)18-10-14-3-2-8-19-14/h2-4,7-8,13,16H,5-6,9-10H2,1H3. The molecule has 4 heteroatoms. The quantitative estimate of drug-likeness (QED) is 0.877. The maximum Gasteiger partial charge on any atom is 0.213 e. The van der Waals surface area contributed by atoms with Crippen molar-refractivity contribution >= 4 is 11.3 Å². The molecule has 0 bridgehead atoms. The number of nitrogens with zero attached hydrogens (tertiary/aromatic N) is 1. The van der Waals surface area contributed by atoms with Crippen molar-refractivity contribution in [1.29, 1.82) is 0 Å². The van der Waals surface area contributed by atoms with E-state index in [1.54, 1.807) is 11.3 Å². The maximum atomic E-state index is 5.70. The van der Waals surface area contributed by atoms with Crippen LogP contribution in [0, 0.1) is 6.92 Å². The van der Waals surface area contributed by atoms with Crippen LogP contribution >= 0.6 is 11.3 Å². The molecule has 0 aromatic carbocycles. The van der Waals surface area contributed by atoms with Crippen molar-refractivity contribution in [3.05, 3.63) is 45.8 Å². The van der Waals surface area contributed by atoms with Crippen LogP contribution in [-0.2, 0) is 13.2 Å². The van der Waals surface area contributed by atoms with Gasteiger partial charge in [0, 0.05) is 29.2 Å². The Hall–Kier alpha value is -1.39. The summed E-state index contributed by atoms with van der Waals surface area (Å²) in [6.07, 6.45) is 2.63. The number of aryl methyl sites for hydroxylation is 1. The van der Waals surface area contributed by atoms with Gasteiger partial charge in [0.25, 0.3) is 0 Å². The minimum absolute atomic E-state index is 0.601. The van der Waals surface area contributed by atoms with Gasteiger partial charge < -0.3 is 10.1 Å². The summed E-state index contributed by atoms with van der Waals surface area (Å²) < 4.78 is 5.70. The minimum atomic E-state index is 0.601. The third-order valence-corrected chi connectivity index (χ3v) is 4.12. The Balaban J connectivity index is 1.58. The van der Waals surface area contributed by atoms with Gasteiger partial charge in [-0.3, -0.25) is 0 Å². The smallest absolute Gasteiger partial charge is 0.213 e. The first-order valence-electron chi connectivity index (χ1n) is 6.66. The predicted molar refractivity (Wildman–Crippen MR) is 77.5 cm³/mol. The van der Waals surface area contributed by atoms with E-state index >= 15 is 0 Å². The molecule has 1 aliphatic carbocycles. The molecular weight excluding hydrogens is 256 g/mol. The zero-order valence-electron chi connectivity index (χ0n) is 11.1. The average molecular weight is 274 g/mol. The van der Waals surface area contributed by atoms with E-state index in [0.717, 1.165) is 18.3 Å². The van der Waals surface area contributed by atoms with Crippen molar-refractivity contribution in [3.63, 3.8) is 0 Å². The molecule has 2 heterocycles. The third kappa shape index (κ3) is 3.55. The fourth-order valence-electron chi connectivity index (χ4n) is 1.92. The maximum absolute atomic E-state index is 5.70. The lowest BCUT2D eigenvalue weighted by Gasteiger charge is -2.09. The van der Waals surface area contributed by atoms with E-state index in [4.69, 9.17) is 4.74 Å². The van der Waals surface area contributed by atoms with Crippen LogP contribution in [0.1, 0.15) is 29.0 Å². The molecule has 0 atom stereocenters. The molecule has 19 heavy (non-hydrogen) atoms. The number of ether oxygens (including phenoxy) is 1. The van der Waals surface area contributed by atoms with Gasteiger partial charge in [-0.15, -0.1) is 11.3 Å². The van der Waals surface area contributed by atoms with Gasteiger partial charge in [-0.05, 0) is 36.8 Å². The zero-order chi connectivity index (χ0) is 13.1. The number of aromatic nitrogens is 1. The summed E-state index contributed by atoms with van der Waals surface area (Å²) in [5.41, 5.74) is 2.31. The Morgan fingerprint density at radius 3 is 2.95 bits per heavy atom. The zero-order valence-corrected chi connectivity index (χ0v) is 11.9. The fourth-order valence-corrected chi connectivity index (χ4v) is 2.53. The summed E-state index contributed by atoms with van der Waals surface area (Å²) in [5.74, 6) is 0.709. The highest BCUT2D eigenvalue weighted by molar-refractivity contribution is 7.09. The molecule has 1 fully saturated rings. The van der Waals surface area contributed by atoms with Gasteiger partial charge >= 0.3 is 0 Å². The van der Waals surface area contributed by atoms with E-state index in [-0.39, 0.29) is 0 Å². The molecular formula is C15H18N2OS. The normalized spacial score (nSPS) is 14.6. The number of rotatable bonds is 6. The lowest BCUT2D eigenvalue weighted by molar-refractivity contribution is 0.296. The monoisotopic (exact) mass is 274 g/mol. The van der Waals surface area contributed by atoms with Crippen molar-refractivity contribution < 1.29 is 4.74 Å². The van der Waals surface area contributed by atoms with Crippen molar-refractivity contribution in [2.75, 3.05) is 0 Å². The Kier molecular flexibility index (Phi) is 3.80. The van der Waals surface area contributed by atoms with E-state index < -0.39 is 0 Å². The summed E-state index contributed by atoms with van der Waals surface area (Å²) in [4.78, 5) is 5.73. The van der Waals surface area contributed by atoms with Crippen LogP contribution in [0.3, 0.4) is 0 Å². The highest BCUT2D eigenvalue weighted by Crippen LogP contribution is 2.20. The van der Waals surface area contributed by atoms with Crippen LogP contribution in [-0.4, -0.2) is 11.0 Å². The van der Waals surface area contributed by atoms with E-state index in [2.05, 4.69) is 27.8 Å². The molecule has 0 amide bonds. The highest BCUT2D eigenvalue weighted by atomic mass is 32.1. The van der Waals surface area contributed by atoms with Gasteiger partial charge in [0.05, 0.1) is 0 Å². The molecule has 1 N–H and O–H groups in total. The summed E-state index contributed by atoms with van der Waals surface area (Å²) in [7, 11) is 0. The van der Waals surface area contributed by atoms with Gasteiger partial charge in [-0.1, -0.05) is 12.1 Å². The number of nitrogens with one attached hydrogen (secondary N) is 1. The van der Waals surface area contributed by atoms with Crippen LogP contribution < -0.4 is 10.1 Å². The Morgan fingerprint density at radius 1 is 1.37 bits per heavy atom. The number of hydrogen-bond donors (Lipinski definition) is 1. The number of hydrogen-bond acceptors (Lipinski definition) is 4. The van der Waals surface area contributed by atoms with Crippen molar-refractivity contribution in [1.82, 2.24) is 10.3 Å². The first kappa shape index (κ1) is 12.6. The molecule has 2 aromatic rings. The van der Waals surface area contributed by atoms with Crippen LogP contribution in [0.15, 0.2) is 29.6 Å². The Morgan fingerprint density at radius 2 is 2.26 bits per heavy atom. The Bertz CT molecular complexity index is 535. The largest absolute Gasteiger partial charge is 0.472 e. The molecule has 0 unspecified atom stereocenters. The first-order chi connectivity index (χ1) is 9.31. The van der Waals surface area contributed by atoms with E-state index in [1.165, 1.54) is 23.3 Å². The van der Waals surface area contributed by atoms with Crippen LogP contribution in [0.2, 0.25) is 0 Å². The molecule has 0 radical (unpaired) electrons. The molecule has 0 spiro atoms. The minimum Gasteiger partial charge on any atom is -0.472 e. The van der Waals surface area contributed by atoms with Gasteiger partial charge in [0.2, 0.25) is 5.88 Å². The predicted octanol–water partition coefficient (Wildman–Crippen LogP) is 3.28. The number of thiophene rings is 1. The lowest BCUT2D eigenvalue weighted by Crippen LogP contribution is -2.16. The fraction of sp³-hybridized carbons (Fsp3) is 0.400. The molecule has 1 aliphatic rings. The van der Waals surface area contributed by atoms with E-state index in [0.29, 0.717) is 12.5 Å². The van der Waals surface area contributed by atoms with Gasteiger partial charge in [-0.2, -0.15) is 0 Å². The Labute approximate surface area is 117 Å². The topological polar surface area (TPSA) is 34.1 Å². The number of pyridine rings is 1. The molecule has 3 nitrogen and oxygen atoms in total. The summed E-state index contributed by atoms with van der Waals surface area (Å²) in [5, 5.41) is 5.57. The summed E-state index contributed by atoms with van der Waals surface area (Å²) >= 11 is 1.71. The van der Waals surface area contributed by atoms with Crippen molar-refractivity contribution in [2.45, 2.75) is 39.0 Å². The molecule has 0 saturated heterocycles. The van der Waals surface area contributed by atoms with Gasteiger partial charge in [0.15, 0.2) is 0 Å². The SMILES string of the molecule is Cc1nc(OCc2cccs2)ccc1CNC1CC1. The first-order valence-corrected chi connectivity index (χ1v) is 7.54. The molecule has 100 valence electrons. The van der Waals surface area contributed by atoms with Gasteiger partial charge in [0.1, 0.15) is 6.61 Å².